The van der Waals surface area contributed by atoms with Crippen LogP contribution in [0, 0.1) is 5.92 Å². The molecule has 0 aliphatic carbocycles. The van der Waals surface area contributed by atoms with Crippen molar-refractivity contribution >= 4 is 0 Å². The molecule has 0 amide bonds. The van der Waals surface area contributed by atoms with Crippen molar-refractivity contribution in [1.82, 2.24) is 0 Å². The van der Waals surface area contributed by atoms with Crippen molar-refractivity contribution in [3.8, 4) is 0 Å². The average Bonchev–Trinajstić information content (AvgIpc) is 2.67. The lowest BCUT2D eigenvalue weighted by Gasteiger charge is -2.34. The second kappa shape index (κ2) is 8.11. The molecule has 3 aromatic carbocycles. The molecule has 0 N–H and O–H groups in total. The molecule has 2 heteroatoms. The van der Waals surface area contributed by atoms with Gasteiger partial charge in [-0.25, -0.2) is 9.78 Å². The van der Waals surface area contributed by atoms with Gasteiger partial charge >= 0.3 is 0 Å². The predicted molar refractivity (Wildman–Crippen MR) is 101 cm³/mol. The van der Waals surface area contributed by atoms with Crippen LogP contribution in [0.3, 0.4) is 0 Å². The summed E-state index contributed by atoms with van der Waals surface area (Å²) in [6.45, 7) is 4.76. The van der Waals surface area contributed by atoms with Crippen LogP contribution in [-0.4, -0.2) is 6.61 Å². The van der Waals surface area contributed by atoms with Gasteiger partial charge in [0.2, 0.25) is 0 Å². The Bertz CT molecular complexity index is 655. The Kier molecular flexibility index (Phi) is 5.64. The second-order valence-corrected chi connectivity index (χ2v) is 6.54. The Morgan fingerprint density at radius 3 is 1.32 bits per heavy atom. The van der Waals surface area contributed by atoms with E-state index in [4.69, 9.17) is 9.78 Å². The third-order valence-electron chi connectivity index (χ3n) is 4.13. The summed E-state index contributed by atoms with van der Waals surface area (Å²) < 4.78 is 0. The zero-order valence-electron chi connectivity index (χ0n) is 14.8. The molecule has 2 nitrogen and oxygen atoms in total. The van der Waals surface area contributed by atoms with Crippen molar-refractivity contribution < 1.29 is 9.78 Å². The summed E-state index contributed by atoms with van der Waals surface area (Å²) in [6, 6.07) is 30.7. The predicted octanol–water partition coefficient (Wildman–Crippen LogP) is 5.58. The summed E-state index contributed by atoms with van der Waals surface area (Å²) in [5, 5.41) is 0. The third kappa shape index (κ3) is 3.81. The van der Waals surface area contributed by atoms with Crippen LogP contribution in [0.25, 0.3) is 0 Å². The molecule has 0 bridgehead atoms. The van der Waals surface area contributed by atoms with Crippen LogP contribution in [-0.2, 0) is 15.4 Å². The van der Waals surface area contributed by atoms with Crippen LogP contribution in [0.1, 0.15) is 30.5 Å². The number of hydrogen-bond acceptors (Lipinski definition) is 2. The highest BCUT2D eigenvalue weighted by molar-refractivity contribution is 5.47. The molecule has 0 atom stereocenters. The fraction of sp³-hybridized carbons (Fsp3) is 0.217. The van der Waals surface area contributed by atoms with E-state index in [2.05, 4.69) is 50.2 Å². The van der Waals surface area contributed by atoms with Crippen LogP contribution in [0.2, 0.25) is 0 Å². The SMILES string of the molecule is CC(C)COOC(c1ccccc1)(c1ccccc1)c1ccccc1. The fourth-order valence-corrected chi connectivity index (χ4v) is 2.92. The molecule has 0 spiro atoms. The van der Waals surface area contributed by atoms with E-state index < -0.39 is 5.60 Å². The normalized spacial score (nSPS) is 11.6. The summed E-state index contributed by atoms with van der Waals surface area (Å²) in [5.41, 5.74) is 2.31. The molecule has 0 aliphatic heterocycles. The summed E-state index contributed by atoms with van der Waals surface area (Å²) in [6.07, 6.45) is 0. The maximum absolute atomic E-state index is 6.20. The lowest BCUT2D eigenvalue weighted by atomic mass is 9.80. The minimum Gasteiger partial charge on any atom is -0.235 e. The van der Waals surface area contributed by atoms with E-state index in [1.165, 1.54) is 0 Å². The molecule has 0 aliphatic rings. The number of rotatable bonds is 7. The molecule has 0 saturated carbocycles. The van der Waals surface area contributed by atoms with Crippen molar-refractivity contribution in [2.75, 3.05) is 6.61 Å². The molecule has 0 heterocycles. The third-order valence-corrected chi connectivity index (χ3v) is 4.13. The van der Waals surface area contributed by atoms with Crippen molar-refractivity contribution in [3.63, 3.8) is 0 Å². The molecular formula is C23H24O2. The first-order valence-electron chi connectivity index (χ1n) is 8.70. The largest absolute Gasteiger partial charge is 0.235 e. The smallest absolute Gasteiger partial charge is 0.178 e. The van der Waals surface area contributed by atoms with Crippen molar-refractivity contribution in [2.45, 2.75) is 19.4 Å². The highest BCUT2D eigenvalue weighted by Gasteiger charge is 2.39. The molecule has 0 radical (unpaired) electrons. The van der Waals surface area contributed by atoms with Gasteiger partial charge in [-0.05, 0) is 22.6 Å². The molecule has 0 aromatic heterocycles. The minimum absolute atomic E-state index is 0.389. The highest BCUT2D eigenvalue weighted by Crippen LogP contribution is 2.40. The molecule has 3 aromatic rings. The lowest BCUT2D eigenvalue weighted by Crippen LogP contribution is -2.33. The average molecular weight is 332 g/mol. The monoisotopic (exact) mass is 332 g/mol. The van der Waals surface area contributed by atoms with E-state index >= 15 is 0 Å². The zero-order valence-corrected chi connectivity index (χ0v) is 14.8. The van der Waals surface area contributed by atoms with E-state index in [9.17, 15) is 0 Å². The molecule has 25 heavy (non-hydrogen) atoms. The quantitative estimate of drug-likeness (QED) is 0.319. The minimum atomic E-state index is -0.807. The van der Waals surface area contributed by atoms with Gasteiger partial charge in [-0.2, -0.15) is 0 Å². The summed E-state index contributed by atoms with van der Waals surface area (Å²) in [4.78, 5) is 11.9. The number of hydrogen-bond donors (Lipinski definition) is 0. The Morgan fingerprint density at radius 2 is 1.00 bits per heavy atom. The van der Waals surface area contributed by atoms with Gasteiger partial charge < -0.3 is 0 Å². The Balaban J connectivity index is 2.16. The van der Waals surface area contributed by atoms with E-state index in [1.807, 2.05) is 54.6 Å². The summed E-state index contributed by atoms with van der Waals surface area (Å²) in [7, 11) is 0. The van der Waals surface area contributed by atoms with Crippen LogP contribution in [0.15, 0.2) is 91.0 Å². The molecule has 0 saturated heterocycles. The van der Waals surface area contributed by atoms with Gasteiger partial charge in [-0.1, -0.05) is 105 Å². The molecule has 128 valence electrons. The maximum Gasteiger partial charge on any atom is 0.178 e. The first-order chi connectivity index (χ1) is 12.2. The van der Waals surface area contributed by atoms with E-state index in [0.717, 1.165) is 16.7 Å². The van der Waals surface area contributed by atoms with Gasteiger partial charge in [0.25, 0.3) is 0 Å². The molecule has 0 unspecified atom stereocenters. The highest BCUT2D eigenvalue weighted by atomic mass is 17.2. The summed E-state index contributed by atoms with van der Waals surface area (Å²) in [5.74, 6) is 0.389. The Labute approximate surface area is 150 Å². The van der Waals surface area contributed by atoms with Crippen LogP contribution < -0.4 is 0 Å². The molecule has 0 fully saturated rings. The van der Waals surface area contributed by atoms with Crippen LogP contribution in [0.5, 0.6) is 0 Å². The van der Waals surface area contributed by atoms with Gasteiger partial charge in [-0.15, -0.1) is 0 Å². The van der Waals surface area contributed by atoms with E-state index in [-0.39, 0.29) is 0 Å². The first-order valence-corrected chi connectivity index (χ1v) is 8.70. The van der Waals surface area contributed by atoms with E-state index in [0.29, 0.717) is 12.5 Å². The summed E-state index contributed by atoms with van der Waals surface area (Å²) >= 11 is 0. The van der Waals surface area contributed by atoms with Gasteiger partial charge in [0.1, 0.15) is 0 Å². The van der Waals surface area contributed by atoms with Gasteiger partial charge in [0, 0.05) is 0 Å². The zero-order chi connectivity index (χ0) is 17.5. The fourth-order valence-electron chi connectivity index (χ4n) is 2.92. The second-order valence-electron chi connectivity index (χ2n) is 6.54. The van der Waals surface area contributed by atoms with E-state index in [1.54, 1.807) is 0 Å². The van der Waals surface area contributed by atoms with Crippen molar-refractivity contribution in [1.29, 1.82) is 0 Å². The Hall–Kier alpha value is -2.42. The van der Waals surface area contributed by atoms with Crippen molar-refractivity contribution in [2.24, 2.45) is 5.92 Å². The van der Waals surface area contributed by atoms with Crippen LogP contribution in [0.4, 0.5) is 0 Å². The first kappa shape index (κ1) is 17.4. The molecule has 3 rings (SSSR count). The van der Waals surface area contributed by atoms with Gasteiger partial charge in [0.05, 0.1) is 6.61 Å². The van der Waals surface area contributed by atoms with Gasteiger partial charge in [0.15, 0.2) is 5.60 Å². The number of benzene rings is 3. The standard InChI is InChI=1S/C23H24O2/c1-19(2)18-24-25-23(20-12-6-3-7-13-20,21-14-8-4-9-15-21)22-16-10-5-11-17-22/h3-17,19H,18H2,1-2H3. The lowest BCUT2D eigenvalue weighted by molar-refractivity contribution is -0.349. The maximum atomic E-state index is 6.20. The van der Waals surface area contributed by atoms with Gasteiger partial charge in [-0.3, -0.25) is 0 Å². The van der Waals surface area contributed by atoms with Crippen molar-refractivity contribution in [3.05, 3.63) is 108 Å². The molecular weight excluding hydrogens is 308 g/mol. The Morgan fingerprint density at radius 1 is 0.640 bits per heavy atom. The topological polar surface area (TPSA) is 18.5 Å². The van der Waals surface area contributed by atoms with Crippen LogP contribution >= 0.6 is 0 Å².